The third-order valence-electron chi connectivity index (χ3n) is 2.73. The van der Waals surface area contributed by atoms with E-state index in [2.05, 4.69) is 56.1 Å². The molecular weight excluding hydrogens is 226 g/mol. The fraction of sp³-hybridized carbons (Fsp3) is 0.267. The molecule has 2 heteroatoms. The molecule has 0 spiro atoms. The van der Waals surface area contributed by atoms with E-state index in [-0.39, 0.29) is 0 Å². The lowest BCUT2D eigenvalue weighted by atomic mass is 10.1. The van der Waals surface area contributed by atoms with Crippen LogP contribution in [-0.2, 0) is 6.42 Å². The highest BCUT2D eigenvalue weighted by atomic mass is 32.1. The molecule has 0 saturated heterocycles. The standard InChI is InChI=1S/C15H17NS/c1-4-13-7-8-14(17-13)10-16-15-9-11(2)5-6-12(15)3/h5-10H,4H2,1-3H3. The van der Waals surface area contributed by atoms with Gasteiger partial charge >= 0.3 is 0 Å². The Hall–Kier alpha value is -1.41. The topological polar surface area (TPSA) is 12.4 Å². The number of benzene rings is 1. The monoisotopic (exact) mass is 243 g/mol. The van der Waals surface area contributed by atoms with Gasteiger partial charge in [0, 0.05) is 16.0 Å². The van der Waals surface area contributed by atoms with Crippen LogP contribution in [0.15, 0.2) is 35.3 Å². The Balaban J connectivity index is 2.22. The van der Waals surface area contributed by atoms with Crippen LogP contribution in [0.25, 0.3) is 0 Å². The highest BCUT2D eigenvalue weighted by Gasteiger charge is 1.97. The molecule has 0 aliphatic carbocycles. The number of aliphatic imine (C=N–C) groups is 1. The van der Waals surface area contributed by atoms with E-state index in [1.54, 1.807) is 0 Å². The Morgan fingerprint density at radius 2 is 2.00 bits per heavy atom. The SMILES string of the molecule is CCc1ccc(C=Nc2cc(C)ccc2C)s1. The molecule has 0 unspecified atom stereocenters. The van der Waals surface area contributed by atoms with Crippen LogP contribution >= 0.6 is 11.3 Å². The van der Waals surface area contributed by atoms with Crippen molar-refractivity contribution in [1.82, 2.24) is 0 Å². The van der Waals surface area contributed by atoms with Crippen molar-refractivity contribution in [2.45, 2.75) is 27.2 Å². The van der Waals surface area contributed by atoms with E-state index < -0.39 is 0 Å². The third kappa shape index (κ3) is 3.04. The first-order valence-corrected chi connectivity index (χ1v) is 6.70. The molecule has 0 atom stereocenters. The van der Waals surface area contributed by atoms with Crippen LogP contribution in [0.2, 0.25) is 0 Å². The minimum Gasteiger partial charge on any atom is -0.255 e. The van der Waals surface area contributed by atoms with Gasteiger partial charge in [-0.15, -0.1) is 11.3 Å². The van der Waals surface area contributed by atoms with Crippen molar-refractivity contribution in [3.05, 3.63) is 51.2 Å². The summed E-state index contributed by atoms with van der Waals surface area (Å²) in [6.07, 6.45) is 3.06. The summed E-state index contributed by atoms with van der Waals surface area (Å²) in [7, 11) is 0. The molecule has 2 aromatic rings. The molecule has 2 rings (SSSR count). The summed E-state index contributed by atoms with van der Waals surface area (Å²) in [6, 6.07) is 10.7. The summed E-state index contributed by atoms with van der Waals surface area (Å²) in [5, 5.41) is 0. The van der Waals surface area contributed by atoms with Gasteiger partial charge in [-0.25, -0.2) is 0 Å². The van der Waals surface area contributed by atoms with Gasteiger partial charge in [-0.1, -0.05) is 19.1 Å². The largest absolute Gasteiger partial charge is 0.255 e. The predicted octanol–water partition coefficient (Wildman–Crippen LogP) is 4.68. The van der Waals surface area contributed by atoms with E-state index in [1.807, 2.05) is 17.6 Å². The first-order chi connectivity index (χ1) is 8.19. The molecule has 0 bridgehead atoms. The van der Waals surface area contributed by atoms with E-state index in [0.717, 1.165) is 12.1 Å². The second-order valence-electron chi connectivity index (χ2n) is 4.21. The Morgan fingerprint density at radius 3 is 2.71 bits per heavy atom. The molecule has 1 heterocycles. The van der Waals surface area contributed by atoms with Gasteiger partial charge in [-0.2, -0.15) is 0 Å². The van der Waals surface area contributed by atoms with Gasteiger partial charge in [0.1, 0.15) is 0 Å². The zero-order valence-corrected chi connectivity index (χ0v) is 11.3. The maximum Gasteiger partial charge on any atom is 0.0661 e. The van der Waals surface area contributed by atoms with Crippen LogP contribution in [0.1, 0.15) is 27.8 Å². The normalized spacial score (nSPS) is 11.2. The third-order valence-corrected chi connectivity index (χ3v) is 3.89. The van der Waals surface area contributed by atoms with Crippen LogP contribution in [0, 0.1) is 13.8 Å². The smallest absolute Gasteiger partial charge is 0.0661 e. The molecule has 1 nitrogen and oxygen atoms in total. The number of rotatable bonds is 3. The second kappa shape index (κ2) is 5.28. The van der Waals surface area contributed by atoms with E-state index >= 15 is 0 Å². The quantitative estimate of drug-likeness (QED) is 0.694. The zero-order valence-electron chi connectivity index (χ0n) is 10.5. The number of nitrogens with zero attached hydrogens (tertiary/aromatic N) is 1. The molecule has 0 amide bonds. The second-order valence-corrected chi connectivity index (χ2v) is 5.41. The lowest BCUT2D eigenvalue weighted by molar-refractivity contribution is 1.19. The van der Waals surface area contributed by atoms with Crippen LogP contribution < -0.4 is 0 Å². The molecule has 0 radical (unpaired) electrons. The zero-order chi connectivity index (χ0) is 12.3. The fourth-order valence-electron chi connectivity index (χ4n) is 1.65. The van der Waals surface area contributed by atoms with E-state index in [4.69, 9.17) is 0 Å². The molecule has 0 aliphatic rings. The molecule has 0 N–H and O–H groups in total. The molecule has 1 aromatic carbocycles. The van der Waals surface area contributed by atoms with Crippen molar-refractivity contribution in [2.75, 3.05) is 0 Å². The van der Waals surface area contributed by atoms with Crippen LogP contribution in [0.3, 0.4) is 0 Å². The summed E-state index contributed by atoms with van der Waals surface area (Å²) < 4.78 is 0. The minimum absolute atomic E-state index is 1.07. The summed E-state index contributed by atoms with van der Waals surface area (Å²) in [4.78, 5) is 7.20. The maximum atomic E-state index is 4.57. The van der Waals surface area contributed by atoms with Crippen LogP contribution in [0.5, 0.6) is 0 Å². The van der Waals surface area contributed by atoms with Crippen LogP contribution in [0.4, 0.5) is 5.69 Å². The Bertz CT molecular complexity index is 538. The summed E-state index contributed by atoms with van der Waals surface area (Å²) in [5.74, 6) is 0. The average Bonchev–Trinajstić information content (AvgIpc) is 2.78. The van der Waals surface area contributed by atoms with Gasteiger partial charge < -0.3 is 0 Å². The maximum absolute atomic E-state index is 4.57. The van der Waals surface area contributed by atoms with Crippen molar-refractivity contribution in [3.8, 4) is 0 Å². The van der Waals surface area contributed by atoms with Crippen molar-refractivity contribution in [2.24, 2.45) is 4.99 Å². The molecule has 0 saturated carbocycles. The van der Waals surface area contributed by atoms with Crippen LogP contribution in [-0.4, -0.2) is 6.21 Å². The molecule has 17 heavy (non-hydrogen) atoms. The molecular formula is C15H17NS. The summed E-state index contributed by atoms with van der Waals surface area (Å²) >= 11 is 1.81. The Kier molecular flexibility index (Phi) is 3.75. The first kappa shape index (κ1) is 12.1. The van der Waals surface area contributed by atoms with Gasteiger partial charge in [0.25, 0.3) is 0 Å². The molecule has 1 aromatic heterocycles. The van der Waals surface area contributed by atoms with Gasteiger partial charge in [0.05, 0.1) is 5.69 Å². The fourth-order valence-corrected chi connectivity index (χ4v) is 2.47. The minimum atomic E-state index is 1.07. The predicted molar refractivity (Wildman–Crippen MR) is 76.9 cm³/mol. The van der Waals surface area contributed by atoms with E-state index in [0.29, 0.717) is 0 Å². The highest BCUT2D eigenvalue weighted by molar-refractivity contribution is 7.13. The summed E-state index contributed by atoms with van der Waals surface area (Å²) in [5.41, 5.74) is 3.54. The van der Waals surface area contributed by atoms with Crippen molar-refractivity contribution >= 4 is 23.2 Å². The lowest BCUT2D eigenvalue weighted by Gasteiger charge is -2.00. The summed E-state index contributed by atoms with van der Waals surface area (Å²) in [6.45, 7) is 6.37. The van der Waals surface area contributed by atoms with Gasteiger partial charge in [-0.05, 0) is 49.6 Å². The lowest BCUT2D eigenvalue weighted by Crippen LogP contribution is -1.78. The molecule has 0 fully saturated rings. The van der Waals surface area contributed by atoms with Gasteiger partial charge in [0.2, 0.25) is 0 Å². The number of hydrogen-bond acceptors (Lipinski definition) is 2. The number of hydrogen-bond donors (Lipinski definition) is 0. The number of thiophene rings is 1. The highest BCUT2D eigenvalue weighted by Crippen LogP contribution is 2.21. The molecule has 0 aliphatic heterocycles. The van der Waals surface area contributed by atoms with Crippen molar-refractivity contribution < 1.29 is 0 Å². The first-order valence-electron chi connectivity index (χ1n) is 5.89. The number of aryl methyl sites for hydroxylation is 3. The van der Waals surface area contributed by atoms with E-state index in [1.165, 1.54) is 20.9 Å². The van der Waals surface area contributed by atoms with Gasteiger partial charge in [-0.3, -0.25) is 4.99 Å². The average molecular weight is 243 g/mol. The van der Waals surface area contributed by atoms with Crippen molar-refractivity contribution in [1.29, 1.82) is 0 Å². The van der Waals surface area contributed by atoms with E-state index in [9.17, 15) is 0 Å². The van der Waals surface area contributed by atoms with Gasteiger partial charge in [0.15, 0.2) is 0 Å². The Morgan fingerprint density at radius 1 is 1.18 bits per heavy atom. The Labute approximate surface area is 107 Å². The molecule has 88 valence electrons. The van der Waals surface area contributed by atoms with Crippen molar-refractivity contribution in [3.63, 3.8) is 0 Å².